The van der Waals surface area contributed by atoms with Gasteiger partial charge in [-0.2, -0.15) is 0 Å². The van der Waals surface area contributed by atoms with Gasteiger partial charge < -0.3 is 9.84 Å². The van der Waals surface area contributed by atoms with Crippen LogP contribution in [0.25, 0.3) is 10.9 Å². The zero-order valence-electron chi connectivity index (χ0n) is 9.11. The lowest BCUT2D eigenvalue weighted by Crippen LogP contribution is -1.98. The highest BCUT2D eigenvalue weighted by Gasteiger charge is 2.09. The van der Waals surface area contributed by atoms with Crippen LogP contribution in [0.4, 0.5) is 0 Å². The van der Waals surface area contributed by atoms with E-state index in [0.717, 1.165) is 5.39 Å². The van der Waals surface area contributed by atoms with Gasteiger partial charge in [-0.1, -0.05) is 11.6 Å². The van der Waals surface area contributed by atoms with Crippen molar-refractivity contribution in [2.75, 3.05) is 6.61 Å². The molecule has 2 rings (SSSR count). The first kappa shape index (κ1) is 11.7. The third-order valence-corrected chi connectivity index (χ3v) is 2.48. The van der Waals surface area contributed by atoms with Crippen LogP contribution < -0.4 is 4.74 Å². The molecular formula is C12H10ClNO3. The van der Waals surface area contributed by atoms with E-state index in [1.807, 2.05) is 6.92 Å². The number of halogens is 1. The topological polar surface area (TPSA) is 59.4 Å². The van der Waals surface area contributed by atoms with Gasteiger partial charge in [-0.3, -0.25) is 0 Å². The summed E-state index contributed by atoms with van der Waals surface area (Å²) in [6.45, 7) is 2.38. The van der Waals surface area contributed by atoms with Crippen molar-refractivity contribution in [2.24, 2.45) is 0 Å². The Morgan fingerprint density at radius 3 is 2.88 bits per heavy atom. The molecular weight excluding hydrogens is 242 g/mol. The quantitative estimate of drug-likeness (QED) is 0.852. The number of rotatable bonds is 3. The molecule has 17 heavy (non-hydrogen) atoms. The molecule has 0 unspecified atom stereocenters. The van der Waals surface area contributed by atoms with Crippen LogP contribution in [-0.4, -0.2) is 22.7 Å². The number of benzene rings is 1. The lowest BCUT2D eigenvalue weighted by atomic mass is 10.1. The summed E-state index contributed by atoms with van der Waals surface area (Å²) in [5, 5.41) is 9.93. The highest BCUT2D eigenvalue weighted by Crippen LogP contribution is 2.28. The molecule has 4 nitrogen and oxygen atoms in total. The number of carbonyl (C=O) groups is 1. The molecule has 5 heteroatoms. The highest BCUT2D eigenvalue weighted by atomic mass is 35.5. The summed E-state index contributed by atoms with van der Waals surface area (Å²) in [7, 11) is 0. The molecule has 0 aliphatic carbocycles. The Labute approximate surface area is 103 Å². The number of carboxylic acid groups (broad SMARTS) is 1. The van der Waals surface area contributed by atoms with Gasteiger partial charge >= 0.3 is 5.97 Å². The minimum absolute atomic E-state index is 0.176. The maximum atomic E-state index is 10.8. The zero-order chi connectivity index (χ0) is 12.4. The third-order valence-electron chi connectivity index (χ3n) is 2.29. The largest absolute Gasteiger partial charge is 0.493 e. The summed E-state index contributed by atoms with van der Waals surface area (Å²) in [6, 6.07) is 6.29. The van der Waals surface area contributed by atoms with E-state index >= 15 is 0 Å². The molecule has 1 heterocycles. The normalized spacial score (nSPS) is 10.5. The van der Waals surface area contributed by atoms with Crippen LogP contribution >= 0.6 is 11.6 Å². The SMILES string of the molecule is CCOc1cc(Cl)nc2cc(C(=O)O)ccc12. The number of hydrogen-bond acceptors (Lipinski definition) is 3. The second-order valence-electron chi connectivity index (χ2n) is 3.41. The van der Waals surface area contributed by atoms with E-state index in [9.17, 15) is 4.79 Å². The van der Waals surface area contributed by atoms with Gasteiger partial charge in [0.05, 0.1) is 17.7 Å². The Balaban J connectivity index is 2.66. The van der Waals surface area contributed by atoms with Crippen LogP contribution in [0.3, 0.4) is 0 Å². The smallest absolute Gasteiger partial charge is 0.335 e. The zero-order valence-corrected chi connectivity index (χ0v) is 9.86. The summed E-state index contributed by atoms with van der Waals surface area (Å²) in [5.41, 5.74) is 0.690. The van der Waals surface area contributed by atoms with E-state index in [4.69, 9.17) is 21.4 Å². The predicted molar refractivity (Wildman–Crippen MR) is 64.9 cm³/mol. The van der Waals surface area contributed by atoms with Gasteiger partial charge in [-0.05, 0) is 25.1 Å². The van der Waals surface area contributed by atoms with Gasteiger partial charge in [0.1, 0.15) is 10.9 Å². The molecule has 0 amide bonds. The molecule has 0 spiro atoms. The van der Waals surface area contributed by atoms with Gasteiger partial charge in [-0.15, -0.1) is 0 Å². The second kappa shape index (κ2) is 4.59. The molecule has 0 radical (unpaired) electrons. The van der Waals surface area contributed by atoms with Crippen molar-refractivity contribution in [3.63, 3.8) is 0 Å². The monoisotopic (exact) mass is 251 g/mol. The molecule has 1 aromatic heterocycles. The van der Waals surface area contributed by atoms with Crippen molar-refractivity contribution >= 4 is 28.5 Å². The van der Waals surface area contributed by atoms with Crippen LogP contribution in [0.5, 0.6) is 5.75 Å². The number of carboxylic acids is 1. The Morgan fingerprint density at radius 2 is 2.24 bits per heavy atom. The predicted octanol–water partition coefficient (Wildman–Crippen LogP) is 2.99. The number of pyridine rings is 1. The summed E-state index contributed by atoms with van der Waals surface area (Å²) >= 11 is 5.85. The average Bonchev–Trinajstić information content (AvgIpc) is 2.28. The number of hydrogen-bond donors (Lipinski definition) is 1. The Bertz CT molecular complexity index is 583. The lowest BCUT2D eigenvalue weighted by molar-refractivity contribution is 0.0697. The second-order valence-corrected chi connectivity index (χ2v) is 3.80. The van der Waals surface area contributed by atoms with Crippen molar-refractivity contribution in [3.05, 3.63) is 35.0 Å². The van der Waals surface area contributed by atoms with Crippen molar-refractivity contribution in [3.8, 4) is 5.75 Å². The molecule has 0 aliphatic rings. The molecule has 2 aromatic rings. The number of fused-ring (bicyclic) bond motifs is 1. The standard InChI is InChI=1S/C12H10ClNO3/c1-2-17-10-6-11(13)14-9-5-7(12(15)16)3-4-8(9)10/h3-6H,2H2,1H3,(H,15,16). The van der Waals surface area contributed by atoms with E-state index in [1.165, 1.54) is 12.1 Å². The van der Waals surface area contributed by atoms with E-state index in [-0.39, 0.29) is 10.7 Å². The summed E-state index contributed by atoms with van der Waals surface area (Å²) < 4.78 is 5.43. The van der Waals surface area contributed by atoms with Gasteiger partial charge in [0.25, 0.3) is 0 Å². The first-order chi connectivity index (χ1) is 8.11. The molecule has 88 valence electrons. The first-order valence-corrected chi connectivity index (χ1v) is 5.46. The van der Waals surface area contributed by atoms with Crippen molar-refractivity contribution in [1.82, 2.24) is 4.98 Å². The van der Waals surface area contributed by atoms with E-state index in [0.29, 0.717) is 17.9 Å². The number of nitrogens with zero attached hydrogens (tertiary/aromatic N) is 1. The molecule has 1 N–H and O–H groups in total. The molecule has 0 aliphatic heterocycles. The maximum Gasteiger partial charge on any atom is 0.335 e. The van der Waals surface area contributed by atoms with Crippen molar-refractivity contribution in [2.45, 2.75) is 6.92 Å². The molecule has 0 bridgehead atoms. The van der Waals surface area contributed by atoms with Gasteiger partial charge in [0, 0.05) is 11.5 Å². The van der Waals surface area contributed by atoms with Gasteiger partial charge in [0.2, 0.25) is 0 Å². The van der Waals surface area contributed by atoms with E-state index in [1.54, 1.807) is 12.1 Å². The third kappa shape index (κ3) is 2.31. The summed E-state index contributed by atoms with van der Waals surface area (Å²) in [5.74, 6) is -0.383. The Morgan fingerprint density at radius 1 is 1.47 bits per heavy atom. The minimum atomic E-state index is -0.994. The highest BCUT2D eigenvalue weighted by molar-refractivity contribution is 6.30. The molecule has 0 saturated heterocycles. The Hall–Kier alpha value is -1.81. The molecule has 1 aromatic carbocycles. The maximum absolute atomic E-state index is 10.8. The molecule has 0 atom stereocenters. The number of aromatic carboxylic acids is 1. The van der Waals surface area contributed by atoms with Crippen LogP contribution in [0.2, 0.25) is 5.15 Å². The number of ether oxygens (including phenoxy) is 1. The Kier molecular flexibility index (Phi) is 3.15. The van der Waals surface area contributed by atoms with Gasteiger partial charge in [0.15, 0.2) is 0 Å². The van der Waals surface area contributed by atoms with Crippen molar-refractivity contribution in [1.29, 1.82) is 0 Å². The van der Waals surface area contributed by atoms with Crippen LogP contribution in [0.15, 0.2) is 24.3 Å². The summed E-state index contributed by atoms with van der Waals surface area (Å²) in [6.07, 6.45) is 0. The fourth-order valence-corrected chi connectivity index (χ4v) is 1.76. The molecule has 0 saturated carbocycles. The minimum Gasteiger partial charge on any atom is -0.493 e. The number of aromatic nitrogens is 1. The van der Waals surface area contributed by atoms with Gasteiger partial charge in [-0.25, -0.2) is 9.78 Å². The first-order valence-electron chi connectivity index (χ1n) is 5.08. The fourth-order valence-electron chi connectivity index (χ4n) is 1.57. The van der Waals surface area contributed by atoms with E-state index in [2.05, 4.69) is 4.98 Å². The van der Waals surface area contributed by atoms with Crippen LogP contribution in [-0.2, 0) is 0 Å². The fraction of sp³-hybridized carbons (Fsp3) is 0.167. The average molecular weight is 252 g/mol. The van der Waals surface area contributed by atoms with E-state index < -0.39 is 5.97 Å². The van der Waals surface area contributed by atoms with Crippen LogP contribution in [0, 0.1) is 0 Å². The lowest BCUT2D eigenvalue weighted by Gasteiger charge is -2.08. The molecule has 0 fully saturated rings. The summed E-state index contributed by atoms with van der Waals surface area (Å²) in [4.78, 5) is 14.9. The van der Waals surface area contributed by atoms with Crippen LogP contribution in [0.1, 0.15) is 17.3 Å². The van der Waals surface area contributed by atoms with Crippen molar-refractivity contribution < 1.29 is 14.6 Å².